The number of hydrogen-bond donors (Lipinski definition) is 7. The van der Waals surface area contributed by atoms with Crippen LogP contribution < -0.4 is 11.1 Å². The number of para-hydroxylation sites is 1. The first-order valence-corrected chi connectivity index (χ1v) is 13.3. The van der Waals surface area contributed by atoms with Crippen LogP contribution in [0.25, 0.3) is 10.9 Å². The molecule has 3 aromatic rings. The Hall–Kier alpha value is -4.48. The van der Waals surface area contributed by atoms with Crippen LogP contribution in [0.15, 0.2) is 59.2 Å². The number of amides is 1. The molecule has 0 saturated heterocycles. The van der Waals surface area contributed by atoms with E-state index in [-0.39, 0.29) is 48.1 Å². The molecule has 0 fully saturated rings. The van der Waals surface area contributed by atoms with E-state index >= 15 is 4.39 Å². The molecule has 1 amide bonds. The number of carbonyl (C=O) groups excluding carboxylic acids is 3. The lowest BCUT2D eigenvalue weighted by Gasteiger charge is -2.45. The summed E-state index contributed by atoms with van der Waals surface area (Å²) in [5.74, 6) is -8.09. The highest BCUT2D eigenvalue weighted by Crippen LogP contribution is 2.51. The first-order chi connectivity index (χ1) is 19.5. The van der Waals surface area contributed by atoms with E-state index < -0.39 is 63.6 Å². The molecular weight excluding hydrogens is 533 g/mol. The Morgan fingerprint density at radius 3 is 2.66 bits per heavy atom. The lowest BCUT2D eigenvalue weighted by molar-refractivity contribution is -0.144. The molecule has 2 aromatic carbocycles. The summed E-state index contributed by atoms with van der Waals surface area (Å²) in [6.07, 6.45) is 2.12. The van der Waals surface area contributed by atoms with Crippen LogP contribution in [0.5, 0.6) is 5.75 Å². The molecular formula is C30H28FN3O7. The van der Waals surface area contributed by atoms with Gasteiger partial charge in [0.1, 0.15) is 28.7 Å². The Labute approximate surface area is 233 Å². The van der Waals surface area contributed by atoms with Gasteiger partial charge in [0.15, 0.2) is 11.4 Å². The maximum Gasteiger partial charge on any atom is 0.255 e. The van der Waals surface area contributed by atoms with Crippen LogP contribution >= 0.6 is 0 Å². The van der Waals surface area contributed by atoms with E-state index in [4.69, 9.17) is 5.73 Å². The summed E-state index contributed by atoms with van der Waals surface area (Å²) < 4.78 is 15.8. The number of hydrogen-bond acceptors (Lipinski definition) is 8. The number of primary amides is 1. The monoisotopic (exact) mass is 561 g/mol. The van der Waals surface area contributed by atoms with Crippen molar-refractivity contribution in [2.45, 2.75) is 37.8 Å². The number of rotatable bonds is 6. The number of fused-ring (bicyclic) bond motifs is 4. The van der Waals surface area contributed by atoms with Crippen LogP contribution in [0.3, 0.4) is 0 Å². The Morgan fingerprint density at radius 2 is 1.90 bits per heavy atom. The maximum absolute atomic E-state index is 15.8. The zero-order chi connectivity index (χ0) is 29.2. The number of allylic oxidation sites excluding steroid dienone is 2. The molecule has 3 aliphatic rings. The summed E-state index contributed by atoms with van der Waals surface area (Å²) in [6, 6.07) is 9.05. The number of phenols is 1. The summed E-state index contributed by atoms with van der Waals surface area (Å²) in [4.78, 5) is 41.5. The van der Waals surface area contributed by atoms with E-state index in [1.165, 1.54) is 0 Å². The van der Waals surface area contributed by atoms with Crippen LogP contribution in [0.4, 0.5) is 4.39 Å². The molecule has 0 radical (unpaired) electrons. The molecule has 6 rings (SSSR count). The standard InChI is InChI=1S/C30H28FN3O7/c31-25-15(11-33-6-5-13-12-34-19-4-2-1-3-17(13)19)9-20(35)23-18(25)8-14-7-16-10-21(36)24(29(32)40)28(39)30(16,41)27(38)22(14)26(23)37/h1-4,9,12,14,16,33-36,38,41H,5-8,10-11H2,(H2,32,40)/t14?,16-,30-/m0/s1. The predicted molar refractivity (Wildman–Crippen MR) is 144 cm³/mol. The smallest absolute Gasteiger partial charge is 0.255 e. The number of Topliss-reactive ketones (excluding diaryl/α,β-unsaturated/α-hetero) is 2. The van der Waals surface area contributed by atoms with Crippen molar-refractivity contribution in [1.82, 2.24) is 10.3 Å². The van der Waals surface area contributed by atoms with Gasteiger partial charge in [-0.25, -0.2) is 4.39 Å². The van der Waals surface area contributed by atoms with Crippen LogP contribution in [0.2, 0.25) is 0 Å². The molecule has 0 spiro atoms. The van der Waals surface area contributed by atoms with Gasteiger partial charge in [-0.15, -0.1) is 0 Å². The molecule has 3 aliphatic carbocycles. The fourth-order valence-corrected chi connectivity index (χ4v) is 6.64. The lowest BCUT2D eigenvalue weighted by Crippen LogP contribution is -2.57. The molecule has 0 saturated carbocycles. The van der Waals surface area contributed by atoms with Crippen LogP contribution in [-0.2, 0) is 29.0 Å². The highest BCUT2D eigenvalue weighted by atomic mass is 19.1. The van der Waals surface area contributed by atoms with Gasteiger partial charge in [0, 0.05) is 52.7 Å². The SMILES string of the molecule is NC(=O)C1=C(O)C[C@@H]2CC3Cc4c(F)c(CNCCc5c[nH]c6ccccc56)cc(O)c4C(=O)C3=C(O)[C@]2(O)C1=O. The average molecular weight is 562 g/mol. The number of phenolic OH excluding ortho intramolecular Hbond substituents is 1. The second-order valence-electron chi connectivity index (χ2n) is 10.9. The fourth-order valence-electron chi connectivity index (χ4n) is 6.64. The number of benzene rings is 2. The molecule has 212 valence electrons. The molecule has 1 unspecified atom stereocenters. The minimum atomic E-state index is -2.65. The molecule has 1 heterocycles. The van der Waals surface area contributed by atoms with Crippen molar-refractivity contribution in [3.8, 4) is 5.75 Å². The fraction of sp³-hybridized carbons (Fsp3) is 0.300. The molecule has 10 nitrogen and oxygen atoms in total. The zero-order valence-electron chi connectivity index (χ0n) is 21.8. The van der Waals surface area contributed by atoms with Gasteiger partial charge in [0.05, 0.1) is 5.56 Å². The topological polar surface area (TPSA) is 186 Å². The number of aromatic amines is 1. The van der Waals surface area contributed by atoms with Crippen molar-refractivity contribution < 1.29 is 39.2 Å². The number of H-pyrrole nitrogens is 1. The number of nitrogens with one attached hydrogen (secondary N) is 2. The summed E-state index contributed by atoms with van der Waals surface area (Å²) in [6.45, 7) is 0.618. The first-order valence-electron chi connectivity index (χ1n) is 13.3. The largest absolute Gasteiger partial charge is 0.511 e. The van der Waals surface area contributed by atoms with Crippen LogP contribution in [-0.4, -0.2) is 55.0 Å². The Balaban J connectivity index is 1.27. The quantitative estimate of drug-likeness (QED) is 0.177. The third kappa shape index (κ3) is 3.95. The number of ketones is 2. The van der Waals surface area contributed by atoms with E-state index in [2.05, 4.69) is 10.3 Å². The van der Waals surface area contributed by atoms with Gasteiger partial charge < -0.3 is 36.5 Å². The van der Waals surface area contributed by atoms with Crippen molar-refractivity contribution in [3.05, 3.63) is 87.3 Å². The molecule has 8 N–H and O–H groups in total. The van der Waals surface area contributed by atoms with Crippen molar-refractivity contribution in [2.24, 2.45) is 17.6 Å². The number of halogens is 1. The van der Waals surface area contributed by atoms with Crippen molar-refractivity contribution in [3.63, 3.8) is 0 Å². The van der Waals surface area contributed by atoms with Crippen molar-refractivity contribution >= 4 is 28.4 Å². The zero-order valence-corrected chi connectivity index (χ0v) is 21.8. The Morgan fingerprint density at radius 1 is 1.15 bits per heavy atom. The molecule has 0 aliphatic heterocycles. The summed E-state index contributed by atoms with van der Waals surface area (Å²) in [5, 5.41) is 47.7. The highest BCUT2D eigenvalue weighted by Gasteiger charge is 2.59. The Kier molecular flexibility index (Phi) is 6.24. The maximum atomic E-state index is 15.8. The van der Waals surface area contributed by atoms with Gasteiger partial charge in [-0.2, -0.15) is 0 Å². The van der Waals surface area contributed by atoms with E-state index in [1.54, 1.807) is 0 Å². The predicted octanol–water partition coefficient (Wildman–Crippen LogP) is 2.53. The second kappa shape index (κ2) is 9.57. The van der Waals surface area contributed by atoms with Crippen LogP contribution in [0, 0.1) is 17.7 Å². The van der Waals surface area contributed by atoms with E-state index in [0.717, 1.165) is 22.5 Å². The van der Waals surface area contributed by atoms with Gasteiger partial charge in [-0.05, 0) is 49.4 Å². The van der Waals surface area contributed by atoms with E-state index in [0.29, 0.717) is 13.0 Å². The van der Waals surface area contributed by atoms with Gasteiger partial charge in [-0.1, -0.05) is 18.2 Å². The van der Waals surface area contributed by atoms with Crippen molar-refractivity contribution in [2.75, 3.05) is 6.54 Å². The normalized spacial score (nSPS) is 24.0. The van der Waals surface area contributed by atoms with Gasteiger partial charge in [0.25, 0.3) is 5.91 Å². The number of aliphatic hydroxyl groups is 3. The summed E-state index contributed by atoms with van der Waals surface area (Å²) in [7, 11) is 0. The van der Waals surface area contributed by atoms with Crippen molar-refractivity contribution in [1.29, 1.82) is 0 Å². The molecule has 3 atom stereocenters. The van der Waals surface area contributed by atoms with Gasteiger partial charge >= 0.3 is 0 Å². The number of aromatic nitrogens is 1. The minimum Gasteiger partial charge on any atom is -0.511 e. The third-order valence-electron chi connectivity index (χ3n) is 8.63. The first kappa shape index (κ1) is 26.7. The van der Waals surface area contributed by atoms with E-state index in [1.807, 2.05) is 30.5 Å². The molecule has 1 aromatic heterocycles. The molecule has 41 heavy (non-hydrogen) atoms. The van der Waals surface area contributed by atoms with Crippen LogP contribution in [0.1, 0.15) is 39.9 Å². The third-order valence-corrected chi connectivity index (χ3v) is 8.63. The minimum absolute atomic E-state index is 0.0184. The average Bonchev–Trinajstić information content (AvgIpc) is 3.34. The van der Waals surface area contributed by atoms with Gasteiger partial charge in [0.2, 0.25) is 5.78 Å². The van der Waals surface area contributed by atoms with E-state index in [9.17, 15) is 34.8 Å². The summed E-state index contributed by atoms with van der Waals surface area (Å²) in [5.41, 5.74) is 3.31. The number of carbonyl (C=O) groups is 3. The lowest BCUT2D eigenvalue weighted by atomic mass is 9.60. The second-order valence-corrected chi connectivity index (χ2v) is 10.9. The number of nitrogens with two attached hydrogens (primary N) is 1. The van der Waals surface area contributed by atoms with Gasteiger partial charge in [-0.3, -0.25) is 14.4 Å². The number of aliphatic hydroxyl groups excluding tert-OH is 2. The molecule has 0 bridgehead atoms. The summed E-state index contributed by atoms with van der Waals surface area (Å²) >= 11 is 0. The Bertz CT molecular complexity index is 1720. The number of aromatic hydroxyl groups is 1. The molecule has 11 heteroatoms. The highest BCUT2D eigenvalue weighted by molar-refractivity contribution is 6.24.